The SMILES string of the molecule is Cc1noc(C)c1COc1ccccc1C(=O)N(C)CC(=O)Nc1ccccc1. The van der Waals surface area contributed by atoms with E-state index >= 15 is 0 Å². The molecule has 3 aromatic rings. The molecule has 0 aliphatic carbocycles. The van der Waals surface area contributed by atoms with E-state index in [4.69, 9.17) is 9.26 Å². The third kappa shape index (κ3) is 5.01. The van der Waals surface area contributed by atoms with Gasteiger partial charge in [0.1, 0.15) is 18.1 Å². The van der Waals surface area contributed by atoms with Crippen LogP contribution in [-0.2, 0) is 11.4 Å². The van der Waals surface area contributed by atoms with E-state index in [0.29, 0.717) is 22.8 Å². The number of ether oxygens (including phenoxy) is 1. The molecule has 0 aliphatic heterocycles. The molecule has 0 saturated heterocycles. The van der Waals surface area contributed by atoms with Gasteiger partial charge in [0.25, 0.3) is 5.91 Å². The minimum Gasteiger partial charge on any atom is -0.488 e. The average molecular weight is 393 g/mol. The van der Waals surface area contributed by atoms with Crippen molar-refractivity contribution < 1.29 is 18.8 Å². The van der Waals surface area contributed by atoms with Crippen LogP contribution >= 0.6 is 0 Å². The molecule has 0 spiro atoms. The Bertz CT molecular complexity index is 979. The van der Waals surface area contributed by atoms with Crippen molar-refractivity contribution in [3.8, 4) is 5.75 Å². The molecule has 29 heavy (non-hydrogen) atoms. The van der Waals surface area contributed by atoms with Crippen LogP contribution in [0.25, 0.3) is 0 Å². The van der Waals surface area contributed by atoms with Gasteiger partial charge >= 0.3 is 0 Å². The molecule has 3 rings (SSSR count). The number of aromatic nitrogens is 1. The molecule has 0 atom stereocenters. The second kappa shape index (κ2) is 9.05. The summed E-state index contributed by atoms with van der Waals surface area (Å²) in [6, 6.07) is 16.1. The number of benzene rings is 2. The Labute approximate surface area is 169 Å². The number of carbonyl (C=O) groups is 2. The van der Waals surface area contributed by atoms with E-state index < -0.39 is 0 Å². The predicted octanol–water partition coefficient (Wildman–Crippen LogP) is 3.58. The maximum absolute atomic E-state index is 12.9. The van der Waals surface area contributed by atoms with Crippen molar-refractivity contribution in [2.45, 2.75) is 20.5 Å². The summed E-state index contributed by atoms with van der Waals surface area (Å²) in [6.45, 7) is 3.82. The van der Waals surface area contributed by atoms with Crippen molar-refractivity contribution in [3.05, 3.63) is 77.2 Å². The van der Waals surface area contributed by atoms with Crippen LogP contribution in [0.2, 0.25) is 0 Å². The van der Waals surface area contributed by atoms with Crippen molar-refractivity contribution in [2.24, 2.45) is 0 Å². The molecule has 0 aliphatic rings. The van der Waals surface area contributed by atoms with Crippen LogP contribution in [-0.4, -0.2) is 35.5 Å². The molecule has 0 bridgehead atoms. The minimum atomic E-state index is -0.303. The van der Waals surface area contributed by atoms with E-state index in [1.165, 1.54) is 4.90 Å². The maximum atomic E-state index is 12.9. The van der Waals surface area contributed by atoms with E-state index in [-0.39, 0.29) is 25.0 Å². The Kier molecular flexibility index (Phi) is 6.29. The van der Waals surface area contributed by atoms with Crippen LogP contribution in [0.4, 0.5) is 5.69 Å². The molecular weight excluding hydrogens is 370 g/mol. The van der Waals surface area contributed by atoms with E-state index in [1.807, 2.05) is 32.0 Å². The first-order valence-electron chi connectivity index (χ1n) is 9.19. The molecule has 7 heteroatoms. The zero-order valence-electron chi connectivity index (χ0n) is 16.6. The van der Waals surface area contributed by atoms with Crippen LogP contribution in [0.1, 0.15) is 27.4 Å². The normalized spacial score (nSPS) is 10.4. The van der Waals surface area contributed by atoms with Gasteiger partial charge in [0, 0.05) is 12.7 Å². The molecule has 0 unspecified atom stereocenters. The lowest BCUT2D eigenvalue weighted by atomic mass is 10.1. The van der Waals surface area contributed by atoms with Crippen molar-refractivity contribution in [1.29, 1.82) is 0 Å². The maximum Gasteiger partial charge on any atom is 0.257 e. The van der Waals surface area contributed by atoms with Gasteiger partial charge in [0.05, 0.1) is 23.4 Å². The first kappa shape index (κ1) is 20.1. The van der Waals surface area contributed by atoms with Crippen LogP contribution < -0.4 is 10.1 Å². The topological polar surface area (TPSA) is 84.7 Å². The lowest BCUT2D eigenvalue weighted by Crippen LogP contribution is -2.35. The smallest absolute Gasteiger partial charge is 0.257 e. The van der Waals surface area contributed by atoms with Crippen molar-refractivity contribution in [1.82, 2.24) is 10.1 Å². The molecular formula is C22H23N3O4. The number of rotatable bonds is 7. The number of aryl methyl sites for hydroxylation is 2. The molecule has 150 valence electrons. The number of amides is 2. The highest BCUT2D eigenvalue weighted by molar-refractivity contribution is 6.00. The third-order valence-electron chi connectivity index (χ3n) is 4.46. The van der Waals surface area contributed by atoms with Crippen LogP contribution in [0.15, 0.2) is 59.1 Å². The Balaban J connectivity index is 1.66. The molecule has 1 N–H and O–H groups in total. The lowest BCUT2D eigenvalue weighted by molar-refractivity contribution is -0.116. The number of hydrogen-bond donors (Lipinski definition) is 1. The highest BCUT2D eigenvalue weighted by Gasteiger charge is 2.19. The zero-order chi connectivity index (χ0) is 20.8. The average Bonchev–Trinajstić information content (AvgIpc) is 3.04. The fourth-order valence-electron chi connectivity index (χ4n) is 2.84. The van der Waals surface area contributed by atoms with Crippen molar-refractivity contribution in [3.63, 3.8) is 0 Å². The Hall–Kier alpha value is -3.61. The number of nitrogens with one attached hydrogen (secondary N) is 1. The van der Waals surface area contributed by atoms with Gasteiger partial charge in [-0.2, -0.15) is 0 Å². The zero-order valence-corrected chi connectivity index (χ0v) is 16.6. The summed E-state index contributed by atoms with van der Waals surface area (Å²) in [5.74, 6) is 0.539. The van der Waals surface area contributed by atoms with Crippen LogP contribution in [0, 0.1) is 13.8 Å². The largest absolute Gasteiger partial charge is 0.488 e. The monoisotopic (exact) mass is 393 g/mol. The van der Waals surface area contributed by atoms with Gasteiger partial charge in [0.15, 0.2) is 0 Å². The summed E-state index contributed by atoms with van der Waals surface area (Å²) >= 11 is 0. The fraction of sp³-hybridized carbons (Fsp3) is 0.227. The summed E-state index contributed by atoms with van der Waals surface area (Å²) in [7, 11) is 1.58. The molecule has 0 fully saturated rings. The third-order valence-corrected chi connectivity index (χ3v) is 4.46. The molecule has 1 aromatic heterocycles. The number of carbonyl (C=O) groups excluding carboxylic acids is 2. The lowest BCUT2D eigenvalue weighted by Gasteiger charge is -2.19. The highest BCUT2D eigenvalue weighted by Crippen LogP contribution is 2.22. The van der Waals surface area contributed by atoms with Gasteiger partial charge in [-0.25, -0.2) is 0 Å². The van der Waals surface area contributed by atoms with Crippen molar-refractivity contribution in [2.75, 3.05) is 18.9 Å². The number of likely N-dealkylation sites (N-methyl/N-ethyl adjacent to an activating group) is 1. The van der Waals surface area contributed by atoms with Gasteiger partial charge in [-0.3, -0.25) is 9.59 Å². The van der Waals surface area contributed by atoms with Crippen LogP contribution in [0.3, 0.4) is 0 Å². The summed E-state index contributed by atoms with van der Waals surface area (Å²) in [4.78, 5) is 26.5. The Morgan fingerprint density at radius 2 is 1.76 bits per heavy atom. The van der Waals surface area contributed by atoms with Crippen molar-refractivity contribution >= 4 is 17.5 Å². The quantitative estimate of drug-likeness (QED) is 0.663. The molecule has 2 amide bonds. The standard InChI is InChI=1S/C22H23N3O4/c1-15-19(16(2)29-24-15)14-28-20-12-8-7-11-18(20)22(27)25(3)13-21(26)23-17-9-5-4-6-10-17/h4-12H,13-14H2,1-3H3,(H,23,26). The number of para-hydroxylation sites is 2. The molecule has 2 aromatic carbocycles. The molecule has 0 saturated carbocycles. The van der Waals surface area contributed by atoms with Gasteiger partial charge in [-0.1, -0.05) is 35.5 Å². The first-order chi connectivity index (χ1) is 14.0. The van der Waals surface area contributed by atoms with Gasteiger partial charge in [0.2, 0.25) is 5.91 Å². The molecule has 7 nitrogen and oxygen atoms in total. The van der Waals surface area contributed by atoms with E-state index in [2.05, 4.69) is 10.5 Å². The van der Waals surface area contributed by atoms with Gasteiger partial charge in [-0.05, 0) is 38.1 Å². The summed E-state index contributed by atoms with van der Waals surface area (Å²) in [5.41, 5.74) is 2.67. The fourth-order valence-corrected chi connectivity index (χ4v) is 2.84. The second-order valence-electron chi connectivity index (χ2n) is 6.66. The molecule has 0 radical (unpaired) electrons. The van der Waals surface area contributed by atoms with E-state index in [0.717, 1.165) is 11.3 Å². The number of nitrogens with zero attached hydrogens (tertiary/aromatic N) is 2. The number of hydrogen-bond acceptors (Lipinski definition) is 5. The van der Waals surface area contributed by atoms with Gasteiger partial charge in [-0.15, -0.1) is 0 Å². The summed E-state index contributed by atoms with van der Waals surface area (Å²) in [5, 5.41) is 6.68. The second-order valence-corrected chi connectivity index (χ2v) is 6.66. The van der Waals surface area contributed by atoms with Gasteiger partial charge < -0.3 is 19.5 Å². The predicted molar refractivity (Wildman–Crippen MR) is 109 cm³/mol. The number of anilines is 1. The van der Waals surface area contributed by atoms with E-state index in [9.17, 15) is 9.59 Å². The van der Waals surface area contributed by atoms with Crippen LogP contribution in [0.5, 0.6) is 5.75 Å². The van der Waals surface area contributed by atoms with E-state index in [1.54, 1.807) is 43.4 Å². The summed E-state index contributed by atoms with van der Waals surface area (Å²) in [6.07, 6.45) is 0. The molecule has 1 heterocycles. The minimum absolute atomic E-state index is 0.0775. The Morgan fingerprint density at radius 3 is 2.45 bits per heavy atom. The Morgan fingerprint density at radius 1 is 1.07 bits per heavy atom. The first-order valence-corrected chi connectivity index (χ1v) is 9.19. The summed E-state index contributed by atoms with van der Waals surface area (Å²) < 4.78 is 11.0. The highest BCUT2D eigenvalue weighted by atomic mass is 16.5.